The minimum absolute atomic E-state index is 0.0258. The number of sulfonamides is 2. The number of para-hydroxylation sites is 1. The van der Waals surface area contributed by atoms with Gasteiger partial charge >= 0.3 is 0 Å². The number of hydrogen-bond acceptors (Lipinski definition) is 10. The summed E-state index contributed by atoms with van der Waals surface area (Å²) in [6, 6.07) is 7.54. The average molecular weight is 504 g/mol. The van der Waals surface area contributed by atoms with Crippen molar-refractivity contribution in [2.75, 3.05) is 32.5 Å². The van der Waals surface area contributed by atoms with Gasteiger partial charge in [0.2, 0.25) is 20.0 Å². The van der Waals surface area contributed by atoms with Crippen molar-refractivity contribution in [2.24, 2.45) is 20.4 Å². The van der Waals surface area contributed by atoms with Crippen LogP contribution in [0.15, 0.2) is 55.3 Å². The van der Waals surface area contributed by atoms with Gasteiger partial charge in [0.25, 0.3) is 0 Å². The van der Waals surface area contributed by atoms with Crippen LogP contribution >= 0.6 is 0 Å². The molecule has 0 bridgehead atoms. The fourth-order valence-electron chi connectivity index (χ4n) is 4.19. The second-order valence-electron chi connectivity index (χ2n) is 8.09. The molecule has 3 heterocycles. The summed E-state index contributed by atoms with van der Waals surface area (Å²) in [5.41, 5.74) is 7.65. The highest BCUT2D eigenvalue weighted by Gasteiger charge is 2.35. The maximum absolute atomic E-state index is 13.3. The molecular formula is C19H21N9O4S2. The molecule has 6 N–H and O–H groups in total. The first-order valence-electron chi connectivity index (χ1n) is 10.1. The molecule has 0 amide bonds. The summed E-state index contributed by atoms with van der Waals surface area (Å²) in [7, 11) is -6.97. The van der Waals surface area contributed by atoms with E-state index < -0.39 is 29.8 Å². The number of aromatic nitrogens is 2. The minimum Gasteiger partial charge on any atom is -0.369 e. The van der Waals surface area contributed by atoms with Gasteiger partial charge in [0.05, 0.1) is 16.6 Å². The Morgan fingerprint density at radius 3 is 2.53 bits per heavy atom. The average Bonchev–Trinajstić information content (AvgIpc) is 3.39. The number of imidazole rings is 1. The Hall–Kier alpha value is -3.24. The van der Waals surface area contributed by atoms with Gasteiger partial charge in [0.15, 0.2) is 18.5 Å². The van der Waals surface area contributed by atoms with E-state index in [4.69, 9.17) is 10.9 Å². The summed E-state index contributed by atoms with van der Waals surface area (Å²) in [5.74, 6) is 0.127. The third-order valence-corrected chi connectivity index (χ3v) is 8.26. The standard InChI is InChI=1S/C19H21N9O4S2/c1-28-7-10(8-28)27-34(31,32)14-6-5-11(12-3-2-4-13-16(12)25-19(20)24-13)15(17(14)33(21,29)30)18-22-9-23-26-18/h2-6,10,27H,7-9H2,1H3,(H3,20,24,25)(H2,21,29,30). The fourth-order valence-corrected chi connectivity index (χ4v) is 7.01. The van der Waals surface area contributed by atoms with E-state index in [1.165, 1.54) is 12.1 Å². The quantitative estimate of drug-likeness (QED) is 0.368. The van der Waals surface area contributed by atoms with Crippen LogP contribution in [0.1, 0.15) is 5.56 Å². The number of fused-ring (bicyclic) bond motifs is 1. The Labute approximate surface area is 195 Å². The molecule has 0 saturated carbocycles. The normalized spacial score (nSPS) is 17.3. The van der Waals surface area contributed by atoms with E-state index in [1.807, 2.05) is 11.9 Å². The van der Waals surface area contributed by atoms with Crippen LogP contribution < -0.4 is 15.6 Å². The van der Waals surface area contributed by atoms with Crippen molar-refractivity contribution >= 4 is 42.9 Å². The number of aliphatic imine (C=N–C) groups is 1. The van der Waals surface area contributed by atoms with Gasteiger partial charge in [-0.3, -0.25) is 0 Å². The summed E-state index contributed by atoms with van der Waals surface area (Å²) in [4.78, 5) is 12.2. The fraction of sp³-hybridized carbons (Fsp3) is 0.263. The minimum atomic E-state index is -4.56. The third kappa shape index (κ3) is 3.86. The predicted octanol–water partition coefficient (Wildman–Crippen LogP) is 0.222. The highest BCUT2D eigenvalue weighted by molar-refractivity contribution is 7.92. The highest BCUT2D eigenvalue weighted by atomic mass is 32.2. The van der Waals surface area contributed by atoms with Crippen LogP contribution in [0.3, 0.4) is 0 Å². The van der Waals surface area contributed by atoms with Crippen molar-refractivity contribution in [3.05, 3.63) is 35.9 Å². The molecule has 0 atom stereocenters. The van der Waals surface area contributed by atoms with Gasteiger partial charge in [-0.15, -0.1) is 5.11 Å². The number of azo groups is 1. The maximum atomic E-state index is 13.3. The van der Waals surface area contributed by atoms with Crippen LogP contribution in [0.5, 0.6) is 0 Å². The molecule has 2 aromatic carbocycles. The number of H-pyrrole nitrogens is 1. The number of nitrogens with two attached hydrogens (primary N) is 2. The van der Waals surface area contributed by atoms with Crippen LogP contribution in [-0.4, -0.2) is 70.4 Å². The van der Waals surface area contributed by atoms with Gasteiger partial charge in [0, 0.05) is 24.7 Å². The van der Waals surface area contributed by atoms with Crippen molar-refractivity contribution in [3.8, 4) is 11.1 Å². The number of rotatable bonds is 6. The molecule has 1 saturated heterocycles. The van der Waals surface area contributed by atoms with E-state index in [-0.39, 0.29) is 30.1 Å². The van der Waals surface area contributed by atoms with Crippen LogP contribution in [0, 0.1) is 0 Å². The lowest BCUT2D eigenvalue weighted by Crippen LogP contribution is -2.57. The lowest BCUT2D eigenvalue weighted by Gasteiger charge is -2.36. The third-order valence-electron chi connectivity index (χ3n) is 5.58. The lowest BCUT2D eigenvalue weighted by atomic mass is 9.97. The van der Waals surface area contributed by atoms with Gasteiger partial charge in [-0.2, -0.15) is 5.11 Å². The second kappa shape index (κ2) is 7.92. The number of benzene rings is 2. The first-order valence-corrected chi connectivity index (χ1v) is 13.1. The number of anilines is 1. The molecule has 5 rings (SSSR count). The van der Waals surface area contributed by atoms with Gasteiger partial charge in [-0.25, -0.2) is 36.7 Å². The maximum Gasteiger partial charge on any atom is 0.242 e. The summed E-state index contributed by atoms with van der Waals surface area (Å²) in [5, 5.41) is 13.4. The monoisotopic (exact) mass is 503 g/mol. The Morgan fingerprint density at radius 2 is 1.88 bits per heavy atom. The molecule has 2 aliphatic heterocycles. The number of nitrogen functional groups attached to an aromatic ring is 1. The molecule has 0 unspecified atom stereocenters. The van der Waals surface area contributed by atoms with Gasteiger partial charge in [-0.05, 0) is 24.7 Å². The molecule has 0 radical (unpaired) electrons. The zero-order valence-electron chi connectivity index (χ0n) is 17.9. The number of primary sulfonamides is 1. The molecule has 0 aliphatic carbocycles. The van der Waals surface area contributed by atoms with Gasteiger partial charge in [-0.1, -0.05) is 18.2 Å². The summed E-state index contributed by atoms with van der Waals surface area (Å²) >= 11 is 0. The Balaban J connectivity index is 1.80. The first kappa shape index (κ1) is 22.5. The van der Waals surface area contributed by atoms with Crippen LogP contribution in [0.4, 0.5) is 5.95 Å². The zero-order chi connectivity index (χ0) is 24.3. The number of likely N-dealkylation sites (N-methyl/N-ethyl adjacent to an activating group) is 1. The van der Waals surface area contributed by atoms with Crippen molar-refractivity contribution in [1.29, 1.82) is 0 Å². The molecule has 178 valence electrons. The van der Waals surface area contributed by atoms with E-state index in [1.54, 1.807) is 18.2 Å². The van der Waals surface area contributed by atoms with E-state index in [9.17, 15) is 16.8 Å². The predicted molar refractivity (Wildman–Crippen MR) is 125 cm³/mol. The molecule has 2 aliphatic rings. The number of hydrogen-bond donors (Lipinski definition) is 4. The molecule has 34 heavy (non-hydrogen) atoms. The smallest absolute Gasteiger partial charge is 0.242 e. The van der Waals surface area contributed by atoms with E-state index in [0.717, 1.165) is 0 Å². The Bertz CT molecular complexity index is 1590. The van der Waals surface area contributed by atoms with Crippen molar-refractivity contribution < 1.29 is 16.8 Å². The Kier molecular flexibility index (Phi) is 5.25. The summed E-state index contributed by atoms with van der Waals surface area (Å²) < 4.78 is 54.8. The number of nitrogens with zero attached hydrogens (tertiary/aromatic N) is 5. The molecule has 15 heteroatoms. The summed E-state index contributed by atoms with van der Waals surface area (Å²) in [6.07, 6.45) is 0. The second-order valence-corrected chi connectivity index (χ2v) is 11.3. The van der Waals surface area contributed by atoms with E-state index in [2.05, 4.69) is 29.9 Å². The van der Waals surface area contributed by atoms with Gasteiger partial charge < -0.3 is 15.6 Å². The summed E-state index contributed by atoms with van der Waals surface area (Å²) in [6.45, 7) is 0.971. The van der Waals surface area contributed by atoms with Crippen LogP contribution in [0.2, 0.25) is 0 Å². The number of aromatic amines is 1. The van der Waals surface area contributed by atoms with E-state index in [0.29, 0.717) is 35.2 Å². The molecule has 3 aromatic rings. The lowest BCUT2D eigenvalue weighted by molar-refractivity contribution is 0.180. The van der Waals surface area contributed by atoms with Crippen LogP contribution in [0.25, 0.3) is 22.2 Å². The van der Waals surface area contributed by atoms with Crippen molar-refractivity contribution in [2.45, 2.75) is 15.8 Å². The largest absolute Gasteiger partial charge is 0.369 e. The van der Waals surface area contributed by atoms with Gasteiger partial charge in [0.1, 0.15) is 9.79 Å². The topological polar surface area (TPSA) is 201 Å². The van der Waals surface area contributed by atoms with E-state index >= 15 is 0 Å². The number of amidine groups is 1. The molecule has 1 fully saturated rings. The Morgan fingerprint density at radius 1 is 1.12 bits per heavy atom. The highest BCUT2D eigenvalue weighted by Crippen LogP contribution is 2.37. The first-order chi connectivity index (χ1) is 16.0. The zero-order valence-corrected chi connectivity index (χ0v) is 19.6. The molecule has 1 aromatic heterocycles. The molecule has 0 spiro atoms. The SMILES string of the molecule is CN1CC(NS(=O)(=O)c2ccc(-c3cccc4[nH]c(N)nc34)c(C3=NCN=N3)c2S(N)(=O)=O)C1. The molecule has 13 nitrogen and oxygen atoms in total. The molecular weight excluding hydrogens is 482 g/mol. The number of nitrogens with one attached hydrogen (secondary N) is 2. The number of likely N-dealkylation sites (tertiary alicyclic amines) is 1. The van der Waals surface area contributed by atoms with Crippen molar-refractivity contribution in [3.63, 3.8) is 0 Å². The van der Waals surface area contributed by atoms with Crippen molar-refractivity contribution in [1.82, 2.24) is 19.6 Å². The van der Waals surface area contributed by atoms with Crippen LogP contribution in [-0.2, 0) is 20.0 Å².